The number of ketones is 1. The largest absolute Gasteiger partial charge is 0.293 e. The Morgan fingerprint density at radius 2 is 2.04 bits per heavy atom. The highest BCUT2D eigenvalue weighted by atomic mass is 35.5. The van der Waals surface area contributed by atoms with Gasteiger partial charge in [-0.3, -0.25) is 20.0 Å². The van der Waals surface area contributed by atoms with Crippen LogP contribution in [0, 0.1) is 10.1 Å². The molecule has 0 unspecified atom stereocenters. The molecule has 0 fully saturated rings. The van der Waals surface area contributed by atoms with Crippen LogP contribution in [0.25, 0.3) is 11.4 Å². The van der Waals surface area contributed by atoms with E-state index >= 15 is 0 Å². The first-order valence-electron chi connectivity index (χ1n) is 7.12. The number of hydrogen-bond donors (Lipinski definition) is 1. The van der Waals surface area contributed by atoms with Crippen LogP contribution in [-0.4, -0.2) is 31.6 Å². The lowest BCUT2D eigenvalue weighted by Gasteiger charge is -1.99. The summed E-state index contributed by atoms with van der Waals surface area (Å²) in [6.45, 7) is 0. The number of benzene rings is 2. The number of non-ortho nitro benzene ring substituents is 1. The lowest BCUT2D eigenvalue weighted by Crippen LogP contribution is -2.03. The maximum atomic E-state index is 12.2. The Labute approximate surface area is 151 Å². The molecule has 0 amide bonds. The number of carbonyl (C=O) groups excluding carboxylic acids is 1. The summed E-state index contributed by atoms with van der Waals surface area (Å²) in [5, 5.41) is 18.6. The number of halogens is 1. The summed E-state index contributed by atoms with van der Waals surface area (Å²) in [7, 11) is 0. The molecule has 0 atom stereocenters. The molecule has 0 spiro atoms. The van der Waals surface area contributed by atoms with Crippen molar-refractivity contribution < 1.29 is 9.72 Å². The summed E-state index contributed by atoms with van der Waals surface area (Å²) in [6.07, 6.45) is 0. The van der Waals surface area contributed by atoms with Gasteiger partial charge in [0.25, 0.3) is 5.69 Å². The Kier molecular flexibility index (Phi) is 5.11. The average molecular weight is 375 g/mol. The predicted molar refractivity (Wildman–Crippen MR) is 95.0 cm³/mol. The van der Waals surface area contributed by atoms with Gasteiger partial charge in [0.1, 0.15) is 0 Å². The van der Waals surface area contributed by atoms with Crippen molar-refractivity contribution in [3.8, 4) is 11.4 Å². The Morgan fingerprint density at radius 1 is 1.24 bits per heavy atom. The van der Waals surface area contributed by atoms with Gasteiger partial charge in [-0.2, -0.15) is 0 Å². The minimum Gasteiger partial charge on any atom is -0.293 e. The van der Waals surface area contributed by atoms with Crippen LogP contribution in [0.3, 0.4) is 0 Å². The molecule has 126 valence electrons. The third kappa shape index (κ3) is 4.04. The molecule has 0 aliphatic carbocycles. The zero-order valence-corrected chi connectivity index (χ0v) is 14.3. The van der Waals surface area contributed by atoms with Gasteiger partial charge in [0.15, 0.2) is 11.6 Å². The van der Waals surface area contributed by atoms with Crippen LogP contribution >= 0.6 is 23.4 Å². The van der Waals surface area contributed by atoms with Crippen LogP contribution in [0.2, 0.25) is 5.02 Å². The van der Waals surface area contributed by atoms with E-state index in [0.29, 0.717) is 21.6 Å². The molecule has 7 nitrogen and oxygen atoms in total. The Morgan fingerprint density at radius 3 is 2.80 bits per heavy atom. The maximum Gasteiger partial charge on any atom is 0.270 e. The Bertz CT molecular complexity index is 944. The normalized spacial score (nSPS) is 10.6. The average Bonchev–Trinajstić information content (AvgIpc) is 3.09. The molecule has 3 aromatic rings. The molecule has 0 saturated carbocycles. The highest BCUT2D eigenvalue weighted by Crippen LogP contribution is 2.26. The topological polar surface area (TPSA) is 102 Å². The van der Waals surface area contributed by atoms with Crippen molar-refractivity contribution in [3.05, 3.63) is 69.2 Å². The number of nitro groups is 1. The van der Waals surface area contributed by atoms with Gasteiger partial charge in [0.05, 0.1) is 15.7 Å². The third-order valence-corrected chi connectivity index (χ3v) is 4.48. The van der Waals surface area contributed by atoms with E-state index in [0.717, 1.165) is 11.8 Å². The van der Waals surface area contributed by atoms with E-state index in [4.69, 9.17) is 11.6 Å². The van der Waals surface area contributed by atoms with E-state index in [-0.39, 0.29) is 22.8 Å². The number of Topliss-reactive ketones (excluding diaryl/α,β-unsaturated/α-hetero) is 1. The van der Waals surface area contributed by atoms with Gasteiger partial charge in [-0.15, -0.1) is 5.10 Å². The van der Waals surface area contributed by atoms with Crippen molar-refractivity contribution in [2.24, 2.45) is 0 Å². The van der Waals surface area contributed by atoms with Gasteiger partial charge in [-0.1, -0.05) is 47.6 Å². The maximum absolute atomic E-state index is 12.2. The Balaban J connectivity index is 1.68. The number of nitrogens with zero attached hydrogens (tertiary/aromatic N) is 3. The van der Waals surface area contributed by atoms with Gasteiger partial charge in [-0.05, 0) is 12.1 Å². The highest BCUT2D eigenvalue weighted by molar-refractivity contribution is 7.99. The van der Waals surface area contributed by atoms with E-state index in [1.807, 2.05) is 18.2 Å². The zero-order chi connectivity index (χ0) is 17.8. The van der Waals surface area contributed by atoms with Crippen molar-refractivity contribution in [3.63, 3.8) is 0 Å². The summed E-state index contributed by atoms with van der Waals surface area (Å²) in [5.41, 5.74) is 0.881. The zero-order valence-electron chi connectivity index (χ0n) is 12.7. The number of H-pyrrole nitrogens is 1. The molecule has 0 radical (unpaired) electrons. The molecule has 25 heavy (non-hydrogen) atoms. The molecule has 0 saturated heterocycles. The van der Waals surface area contributed by atoms with Gasteiger partial charge in [0, 0.05) is 23.3 Å². The standard InChI is InChI=1S/C16H11ClN4O3S/c17-13-7-2-1-6-12(13)15-18-16(20-19-15)25-9-14(22)10-4-3-5-11(8-10)21(23)24/h1-8H,9H2,(H,18,19,20). The fourth-order valence-electron chi connectivity index (χ4n) is 2.09. The molecular weight excluding hydrogens is 364 g/mol. The van der Waals surface area contributed by atoms with E-state index in [1.165, 1.54) is 18.2 Å². The van der Waals surface area contributed by atoms with Crippen molar-refractivity contribution in [1.29, 1.82) is 0 Å². The van der Waals surface area contributed by atoms with Crippen LogP contribution < -0.4 is 0 Å². The smallest absolute Gasteiger partial charge is 0.270 e. The first kappa shape index (κ1) is 17.1. The number of rotatable bonds is 6. The fraction of sp³-hybridized carbons (Fsp3) is 0.0625. The second-order valence-corrected chi connectivity index (χ2v) is 6.32. The number of aromatic amines is 1. The highest BCUT2D eigenvalue weighted by Gasteiger charge is 2.14. The molecule has 1 heterocycles. The second-order valence-electron chi connectivity index (χ2n) is 4.97. The minimum absolute atomic E-state index is 0.0704. The van der Waals surface area contributed by atoms with E-state index in [2.05, 4.69) is 15.2 Å². The van der Waals surface area contributed by atoms with Gasteiger partial charge in [0.2, 0.25) is 5.16 Å². The molecular formula is C16H11ClN4O3S. The second kappa shape index (κ2) is 7.45. The van der Waals surface area contributed by atoms with Crippen LogP contribution in [0.15, 0.2) is 53.7 Å². The third-order valence-electron chi connectivity index (χ3n) is 3.31. The van der Waals surface area contributed by atoms with Gasteiger partial charge >= 0.3 is 0 Å². The van der Waals surface area contributed by atoms with E-state index in [9.17, 15) is 14.9 Å². The van der Waals surface area contributed by atoms with Crippen LogP contribution in [0.5, 0.6) is 0 Å². The molecule has 1 aromatic heterocycles. The van der Waals surface area contributed by atoms with E-state index in [1.54, 1.807) is 12.1 Å². The number of nitrogens with one attached hydrogen (secondary N) is 1. The molecule has 9 heteroatoms. The summed E-state index contributed by atoms with van der Waals surface area (Å²) < 4.78 is 0. The molecule has 2 aromatic carbocycles. The summed E-state index contributed by atoms with van der Waals surface area (Å²) in [6, 6.07) is 12.8. The predicted octanol–water partition coefficient (Wildman–Crippen LogP) is 4.01. The van der Waals surface area contributed by atoms with Crippen molar-refractivity contribution in [2.45, 2.75) is 5.16 Å². The lowest BCUT2D eigenvalue weighted by atomic mass is 10.1. The summed E-state index contributed by atoms with van der Waals surface area (Å²) >= 11 is 7.26. The van der Waals surface area contributed by atoms with Crippen LogP contribution in [0.1, 0.15) is 10.4 Å². The number of aromatic nitrogens is 3. The van der Waals surface area contributed by atoms with Gasteiger partial charge < -0.3 is 0 Å². The number of thioether (sulfide) groups is 1. The molecule has 1 N–H and O–H groups in total. The van der Waals surface area contributed by atoms with Crippen LogP contribution in [0.4, 0.5) is 5.69 Å². The number of nitro benzene ring substituents is 1. The van der Waals surface area contributed by atoms with Crippen LogP contribution in [-0.2, 0) is 0 Å². The minimum atomic E-state index is -0.533. The van der Waals surface area contributed by atoms with E-state index < -0.39 is 4.92 Å². The first-order chi connectivity index (χ1) is 12.0. The monoisotopic (exact) mass is 374 g/mol. The fourth-order valence-corrected chi connectivity index (χ4v) is 3.01. The SMILES string of the molecule is O=C(CSc1n[nH]c(-c2ccccc2Cl)n1)c1cccc([N+](=O)[O-])c1. The van der Waals surface area contributed by atoms with Gasteiger partial charge in [-0.25, -0.2) is 4.98 Å². The number of carbonyl (C=O) groups is 1. The quantitative estimate of drug-likeness (QED) is 0.303. The van der Waals surface area contributed by atoms with Crippen molar-refractivity contribution >= 4 is 34.8 Å². The van der Waals surface area contributed by atoms with Crippen molar-refractivity contribution in [2.75, 3.05) is 5.75 Å². The first-order valence-corrected chi connectivity index (χ1v) is 8.48. The number of hydrogen-bond acceptors (Lipinski definition) is 6. The Hall–Kier alpha value is -2.71. The lowest BCUT2D eigenvalue weighted by molar-refractivity contribution is -0.384. The summed E-state index contributed by atoms with van der Waals surface area (Å²) in [5.74, 6) is 0.342. The van der Waals surface area contributed by atoms with Crippen molar-refractivity contribution in [1.82, 2.24) is 15.2 Å². The molecule has 0 aliphatic heterocycles. The molecule has 0 bridgehead atoms. The molecule has 0 aliphatic rings. The molecule has 3 rings (SSSR count). The summed E-state index contributed by atoms with van der Waals surface area (Å²) in [4.78, 5) is 26.7.